The summed E-state index contributed by atoms with van der Waals surface area (Å²) in [5, 5.41) is 0. The molecule has 2 nitrogen and oxygen atoms in total. The van der Waals surface area contributed by atoms with Gasteiger partial charge in [0.25, 0.3) is 0 Å². The highest BCUT2D eigenvalue weighted by Crippen LogP contribution is 2.36. The predicted molar refractivity (Wildman–Crippen MR) is 66.0 cm³/mol. The molecule has 0 aromatic heterocycles. The molecule has 1 fully saturated rings. The molecule has 2 unspecified atom stereocenters. The number of anilines is 2. The van der Waals surface area contributed by atoms with Crippen LogP contribution in [-0.2, 0) is 0 Å². The molecule has 17 heavy (non-hydrogen) atoms. The van der Waals surface area contributed by atoms with Gasteiger partial charge in [0.05, 0.1) is 0 Å². The lowest BCUT2D eigenvalue weighted by atomic mass is 10.1. The maximum Gasteiger partial charge on any atom is 0.151 e. The molecule has 1 aliphatic heterocycles. The fourth-order valence-corrected chi connectivity index (χ4v) is 2.71. The van der Waals surface area contributed by atoms with Crippen molar-refractivity contribution >= 4 is 11.4 Å². The Bertz CT molecular complexity index is 397. The van der Waals surface area contributed by atoms with Crippen molar-refractivity contribution in [1.82, 2.24) is 0 Å². The first-order valence-electron chi connectivity index (χ1n) is 6.07. The molecule has 0 spiro atoms. The molecule has 4 heteroatoms. The summed E-state index contributed by atoms with van der Waals surface area (Å²) in [4.78, 5) is 1.87. The Morgan fingerprint density at radius 2 is 1.88 bits per heavy atom. The van der Waals surface area contributed by atoms with Gasteiger partial charge in [-0.1, -0.05) is 6.92 Å². The van der Waals surface area contributed by atoms with E-state index in [1.807, 2.05) is 18.7 Å². The minimum atomic E-state index is -0.560. The lowest BCUT2D eigenvalue weighted by molar-refractivity contribution is 0.544. The quantitative estimate of drug-likeness (QED) is 0.803. The van der Waals surface area contributed by atoms with Gasteiger partial charge in [-0.05, 0) is 38.3 Å². The van der Waals surface area contributed by atoms with Crippen LogP contribution in [0, 0.1) is 11.6 Å². The molecular formula is C13H18F2N2. The third-order valence-electron chi connectivity index (χ3n) is 3.55. The Morgan fingerprint density at radius 1 is 1.29 bits per heavy atom. The third kappa shape index (κ3) is 2.08. The number of nitrogens with two attached hydrogens (primary N) is 1. The Kier molecular flexibility index (Phi) is 3.22. The fraction of sp³-hybridized carbons (Fsp3) is 0.538. The molecule has 1 aliphatic rings. The van der Waals surface area contributed by atoms with Crippen LogP contribution < -0.4 is 10.6 Å². The maximum absolute atomic E-state index is 13.9. The Morgan fingerprint density at radius 3 is 2.41 bits per heavy atom. The molecule has 1 heterocycles. The van der Waals surface area contributed by atoms with E-state index in [0.717, 1.165) is 19.3 Å². The van der Waals surface area contributed by atoms with Crippen molar-refractivity contribution in [3.63, 3.8) is 0 Å². The lowest BCUT2D eigenvalue weighted by Gasteiger charge is -2.31. The monoisotopic (exact) mass is 240 g/mol. The molecule has 2 atom stereocenters. The van der Waals surface area contributed by atoms with Gasteiger partial charge in [-0.25, -0.2) is 8.78 Å². The van der Waals surface area contributed by atoms with Crippen molar-refractivity contribution in [3.8, 4) is 0 Å². The summed E-state index contributed by atoms with van der Waals surface area (Å²) in [6, 6.07) is 2.77. The Hall–Kier alpha value is -1.32. The van der Waals surface area contributed by atoms with Crippen LogP contribution in [-0.4, -0.2) is 12.1 Å². The first kappa shape index (κ1) is 12.1. The summed E-state index contributed by atoms with van der Waals surface area (Å²) in [6.45, 7) is 4.05. The van der Waals surface area contributed by atoms with E-state index in [1.165, 1.54) is 12.1 Å². The van der Waals surface area contributed by atoms with Crippen molar-refractivity contribution in [2.75, 3.05) is 10.6 Å². The molecule has 0 radical (unpaired) electrons. The zero-order chi connectivity index (χ0) is 12.6. The van der Waals surface area contributed by atoms with Crippen molar-refractivity contribution in [3.05, 3.63) is 23.8 Å². The molecule has 1 saturated heterocycles. The van der Waals surface area contributed by atoms with Crippen molar-refractivity contribution in [2.45, 2.75) is 45.2 Å². The Labute approximate surface area is 100 Å². The highest BCUT2D eigenvalue weighted by molar-refractivity contribution is 5.57. The minimum Gasteiger partial charge on any atom is -0.399 e. The summed E-state index contributed by atoms with van der Waals surface area (Å²) in [5.41, 5.74) is 5.64. The van der Waals surface area contributed by atoms with Crippen molar-refractivity contribution < 1.29 is 8.78 Å². The van der Waals surface area contributed by atoms with E-state index in [2.05, 4.69) is 0 Å². The van der Waals surface area contributed by atoms with Crippen LogP contribution in [0.15, 0.2) is 12.1 Å². The van der Waals surface area contributed by atoms with Gasteiger partial charge in [0, 0.05) is 17.8 Å². The van der Waals surface area contributed by atoms with E-state index in [0.29, 0.717) is 0 Å². The number of nitrogens with zero attached hydrogens (tertiary/aromatic N) is 1. The van der Waals surface area contributed by atoms with Gasteiger partial charge in [-0.15, -0.1) is 0 Å². The first-order valence-corrected chi connectivity index (χ1v) is 6.07. The topological polar surface area (TPSA) is 29.3 Å². The first-order chi connectivity index (χ1) is 8.04. The largest absolute Gasteiger partial charge is 0.399 e. The number of hydrogen-bond acceptors (Lipinski definition) is 2. The van der Waals surface area contributed by atoms with Gasteiger partial charge >= 0.3 is 0 Å². The standard InChI is InChI=1S/C13H18F2N2/c1-3-10-5-4-8(2)17(10)13-11(14)6-9(16)7-12(13)15/h6-8,10H,3-5,16H2,1-2H3. The van der Waals surface area contributed by atoms with Crippen LogP contribution in [0.1, 0.15) is 33.1 Å². The Balaban J connectivity index is 2.45. The molecule has 0 aliphatic carbocycles. The number of rotatable bonds is 2. The maximum atomic E-state index is 13.9. The molecule has 1 aromatic carbocycles. The second kappa shape index (κ2) is 4.51. The molecule has 0 amide bonds. The van der Waals surface area contributed by atoms with Crippen LogP contribution in [0.5, 0.6) is 0 Å². The normalized spacial score (nSPS) is 24.4. The number of benzene rings is 1. The average Bonchev–Trinajstić information content (AvgIpc) is 2.59. The number of nitrogen functional groups attached to an aromatic ring is 1. The minimum absolute atomic E-state index is 0.0797. The van der Waals surface area contributed by atoms with Gasteiger partial charge in [-0.2, -0.15) is 0 Å². The van der Waals surface area contributed by atoms with E-state index in [9.17, 15) is 8.78 Å². The van der Waals surface area contributed by atoms with Gasteiger partial charge in [0.15, 0.2) is 11.6 Å². The lowest BCUT2D eigenvalue weighted by Crippen LogP contribution is -2.35. The summed E-state index contributed by atoms with van der Waals surface area (Å²) in [6.07, 6.45) is 2.86. The molecular weight excluding hydrogens is 222 g/mol. The molecule has 94 valence electrons. The second-order valence-electron chi connectivity index (χ2n) is 4.73. The fourth-order valence-electron chi connectivity index (χ4n) is 2.71. The number of halogens is 2. The van der Waals surface area contributed by atoms with E-state index >= 15 is 0 Å². The zero-order valence-corrected chi connectivity index (χ0v) is 10.2. The number of hydrogen-bond donors (Lipinski definition) is 1. The summed E-state index contributed by atoms with van der Waals surface area (Å²) < 4.78 is 27.8. The molecule has 0 saturated carbocycles. The van der Waals surface area contributed by atoms with Crippen LogP contribution in [0.2, 0.25) is 0 Å². The molecule has 2 N–H and O–H groups in total. The van der Waals surface area contributed by atoms with Crippen LogP contribution in [0.25, 0.3) is 0 Å². The van der Waals surface area contributed by atoms with Crippen LogP contribution >= 0.6 is 0 Å². The van der Waals surface area contributed by atoms with Crippen molar-refractivity contribution in [1.29, 1.82) is 0 Å². The zero-order valence-electron chi connectivity index (χ0n) is 10.2. The van der Waals surface area contributed by atoms with Crippen molar-refractivity contribution in [2.24, 2.45) is 0 Å². The van der Waals surface area contributed by atoms with Crippen LogP contribution in [0.4, 0.5) is 20.2 Å². The molecule has 2 rings (SSSR count). The van der Waals surface area contributed by atoms with E-state index in [1.54, 1.807) is 0 Å². The van der Waals surface area contributed by atoms with E-state index in [-0.39, 0.29) is 23.5 Å². The van der Waals surface area contributed by atoms with Gasteiger partial charge in [0.1, 0.15) is 5.69 Å². The third-order valence-corrected chi connectivity index (χ3v) is 3.55. The summed E-state index contributed by atoms with van der Waals surface area (Å²) in [5.74, 6) is -1.12. The second-order valence-corrected chi connectivity index (χ2v) is 4.73. The molecule has 0 bridgehead atoms. The average molecular weight is 240 g/mol. The highest BCUT2D eigenvalue weighted by atomic mass is 19.1. The van der Waals surface area contributed by atoms with Gasteiger partial charge < -0.3 is 10.6 Å². The highest BCUT2D eigenvalue weighted by Gasteiger charge is 2.33. The SMILES string of the molecule is CCC1CCC(C)N1c1c(F)cc(N)cc1F. The van der Waals surface area contributed by atoms with Gasteiger partial charge in [0.2, 0.25) is 0 Å². The summed E-state index contributed by atoms with van der Waals surface area (Å²) in [7, 11) is 0. The predicted octanol–water partition coefficient (Wildman–Crippen LogP) is 3.31. The van der Waals surface area contributed by atoms with Gasteiger partial charge in [-0.3, -0.25) is 0 Å². The smallest absolute Gasteiger partial charge is 0.151 e. The van der Waals surface area contributed by atoms with Crippen LogP contribution in [0.3, 0.4) is 0 Å². The summed E-state index contributed by atoms with van der Waals surface area (Å²) >= 11 is 0. The van der Waals surface area contributed by atoms with E-state index < -0.39 is 11.6 Å². The molecule has 1 aromatic rings. The van der Waals surface area contributed by atoms with E-state index in [4.69, 9.17) is 5.73 Å².